The molecular formula is C11H14N4O. The minimum absolute atomic E-state index is 0.200. The van der Waals surface area contributed by atoms with Gasteiger partial charge in [0, 0.05) is 18.2 Å². The van der Waals surface area contributed by atoms with Crippen molar-refractivity contribution in [3.63, 3.8) is 0 Å². The standard InChI is InChI=1S/C11H14N4O/c1-11(2,6-9(13)16)15-10-5-8(7-12)3-4-14-10/h3-5H,6H2,1-2H3,(H2,13,16)(H,14,15). The molecule has 3 N–H and O–H groups in total. The number of nitrogens with zero attached hydrogens (tertiary/aromatic N) is 2. The Morgan fingerprint density at radius 2 is 2.38 bits per heavy atom. The average Bonchev–Trinajstić information content (AvgIpc) is 2.15. The molecule has 0 aliphatic heterocycles. The topological polar surface area (TPSA) is 91.8 Å². The predicted octanol–water partition coefficient (Wildman–Crippen LogP) is 1.02. The SMILES string of the molecule is CC(C)(CC(N)=O)Nc1cc(C#N)ccn1. The zero-order valence-corrected chi connectivity index (χ0v) is 9.32. The Labute approximate surface area is 94.3 Å². The minimum atomic E-state index is -0.479. The van der Waals surface area contributed by atoms with Gasteiger partial charge in [0.15, 0.2) is 0 Å². The normalized spacial score (nSPS) is 10.6. The van der Waals surface area contributed by atoms with E-state index in [0.29, 0.717) is 11.4 Å². The number of primary amides is 1. The van der Waals surface area contributed by atoms with Gasteiger partial charge in [-0.15, -0.1) is 0 Å². The summed E-state index contributed by atoms with van der Waals surface area (Å²) in [5, 5.41) is 11.8. The van der Waals surface area contributed by atoms with Crippen LogP contribution in [-0.2, 0) is 4.79 Å². The quantitative estimate of drug-likeness (QED) is 0.789. The molecule has 1 rings (SSSR count). The number of nitriles is 1. The van der Waals surface area contributed by atoms with Crippen molar-refractivity contribution in [3.8, 4) is 6.07 Å². The number of anilines is 1. The van der Waals surface area contributed by atoms with Crippen molar-refractivity contribution in [3.05, 3.63) is 23.9 Å². The monoisotopic (exact) mass is 218 g/mol. The maximum absolute atomic E-state index is 10.8. The number of nitrogens with two attached hydrogens (primary N) is 1. The number of carbonyl (C=O) groups excluding carboxylic acids is 1. The van der Waals surface area contributed by atoms with Gasteiger partial charge < -0.3 is 11.1 Å². The molecule has 0 atom stereocenters. The molecular weight excluding hydrogens is 204 g/mol. The minimum Gasteiger partial charge on any atom is -0.370 e. The lowest BCUT2D eigenvalue weighted by Crippen LogP contribution is -2.36. The maximum Gasteiger partial charge on any atom is 0.219 e. The number of nitrogens with one attached hydrogen (secondary N) is 1. The average molecular weight is 218 g/mol. The fourth-order valence-corrected chi connectivity index (χ4v) is 1.39. The number of amides is 1. The molecule has 1 aromatic heterocycles. The van der Waals surface area contributed by atoms with Crippen LogP contribution in [0.1, 0.15) is 25.8 Å². The molecule has 0 unspecified atom stereocenters. The molecule has 0 aliphatic carbocycles. The molecule has 5 heteroatoms. The number of carbonyl (C=O) groups is 1. The van der Waals surface area contributed by atoms with E-state index in [0.717, 1.165) is 0 Å². The lowest BCUT2D eigenvalue weighted by molar-refractivity contribution is -0.118. The number of hydrogen-bond donors (Lipinski definition) is 2. The zero-order chi connectivity index (χ0) is 12.2. The number of pyridine rings is 1. The van der Waals surface area contributed by atoms with E-state index in [-0.39, 0.29) is 12.3 Å². The highest BCUT2D eigenvalue weighted by atomic mass is 16.1. The summed E-state index contributed by atoms with van der Waals surface area (Å²) >= 11 is 0. The number of aromatic nitrogens is 1. The van der Waals surface area contributed by atoms with Crippen molar-refractivity contribution >= 4 is 11.7 Å². The molecule has 0 saturated heterocycles. The van der Waals surface area contributed by atoms with Crippen LogP contribution in [0.4, 0.5) is 5.82 Å². The van der Waals surface area contributed by atoms with E-state index in [1.807, 2.05) is 19.9 Å². The summed E-state index contributed by atoms with van der Waals surface area (Å²) in [6, 6.07) is 5.27. The van der Waals surface area contributed by atoms with Crippen molar-refractivity contribution in [1.29, 1.82) is 5.26 Å². The third-order valence-electron chi connectivity index (χ3n) is 1.97. The number of hydrogen-bond acceptors (Lipinski definition) is 4. The molecule has 5 nitrogen and oxygen atoms in total. The van der Waals surface area contributed by atoms with E-state index < -0.39 is 5.54 Å². The van der Waals surface area contributed by atoms with Gasteiger partial charge in [-0.05, 0) is 26.0 Å². The van der Waals surface area contributed by atoms with Crippen LogP contribution in [0.15, 0.2) is 18.3 Å². The van der Waals surface area contributed by atoms with Crippen molar-refractivity contribution < 1.29 is 4.79 Å². The summed E-state index contributed by atoms with van der Waals surface area (Å²) in [4.78, 5) is 14.9. The van der Waals surface area contributed by atoms with Crippen LogP contribution in [0.3, 0.4) is 0 Å². The molecule has 84 valence electrons. The maximum atomic E-state index is 10.8. The first kappa shape index (κ1) is 12.0. The van der Waals surface area contributed by atoms with E-state index in [4.69, 9.17) is 11.0 Å². The van der Waals surface area contributed by atoms with Crippen molar-refractivity contribution in [2.75, 3.05) is 5.32 Å². The fraction of sp³-hybridized carbons (Fsp3) is 0.364. The van der Waals surface area contributed by atoms with E-state index in [2.05, 4.69) is 10.3 Å². The number of rotatable bonds is 4. The molecule has 16 heavy (non-hydrogen) atoms. The van der Waals surface area contributed by atoms with E-state index in [1.54, 1.807) is 18.3 Å². The molecule has 1 heterocycles. The summed E-state index contributed by atoms with van der Waals surface area (Å²) in [6.45, 7) is 3.69. The highest BCUT2D eigenvalue weighted by Gasteiger charge is 2.20. The van der Waals surface area contributed by atoms with Gasteiger partial charge in [-0.3, -0.25) is 4.79 Å². The molecule has 0 aromatic carbocycles. The van der Waals surface area contributed by atoms with Gasteiger partial charge in [0.05, 0.1) is 11.6 Å². The van der Waals surface area contributed by atoms with Crippen LogP contribution < -0.4 is 11.1 Å². The first-order valence-corrected chi connectivity index (χ1v) is 4.85. The second-order valence-corrected chi connectivity index (χ2v) is 4.19. The predicted molar refractivity (Wildman–Crippen MR) is 60.5 cm³/mol. The van der Waals surface area contributed by atoms with Crippen LogP contribution >= 0.6 is 0 Å². The first-order valence-electron chi connectivity index (χ1n) is 4.85. The van der Waals surface area contributed by atoms with Crippen LogP contribution in [0.5, 0.6) is 0 Å². The molecule has 0 saturated carbocycles. The second kappa shape index (κ2) is 4.62. The summed E-state index contributed by atoms with van der Waals surface area (Å²) in [7, 11) is 0. The Morgan fingerprint density at radius 3 is 2.94 bits per heavy atom. The van der Waals surface area contributed by atoms with Gasteiger partial charge in [-0.2, -0.15) is 5.26 Å². The molecule has 0 aliphatic rings. The Morgan fingerprint density at radius 1 is 1.69 bits per heavy atom. The molecule has 0 spiro atoms. The largest absolute Gasteiger partial charge is 0.370 e. The first-order chi connectivity index (χ1) is 7.43. The van der Waals surface area contributed by atoms with Crippen LogP contribution in [-0.4, -0.2) is 16.4 Å². The smallest absolute Gasteiger partial charge is 0.219 e. The Bertz CT molecular complexity index is 434. The molecule has 0 bridgehead atoms. The fourth-order valence-electron chi connectivity index (χ4n) is 1.39. The van der Waals surface area contributed by atoms with E-state index in [9.17, 15) is 4.79 Å². The third kappa shape index (κ3) is 3.58. The van der Waals surface area contributed by atoms with Crippen LogP contribution in [0, 0.1) is 11.3 Å². The van der Waals surface area contributed by atoms with Gasteiger partial charge >= 0.3 is 0 Å². The van der Waals surface area contributed by atoms with Crippen molar-refractivity contribution in [2.24, 2.45) is 5.73 Å². The van der Waals surface area contributed by atoms with Gasteiger partial charge in [0.1, 0.15) is 5.82 Å². The summed E-state index contributed by atoms with van der Waals surface area (Å²) in [5.41, 5.74) is 5.18. The van der Waals surface area contributed by atoms with Gasteiger partial charge in [-0.25, -0.2) is 4.98 Å². The lowest BCUT2D eigenvalue weighted by atomic mass is 10.0. The summed E-state index contributed by atoms with van der Waals surface area (Å²) < 4.78 is 0. The molecule has 0 fully saturated rings. The summed E-state index contributed by atoms with van der Waals surface area (Å²) in [5.74, 6) is 0.180. The molecule has 0 radical (unpaired) electrons. The molecule has 1 amide bonds. The highest BCUT2D eigenvalue weighted by molar-refractivity contribution is 5.75. The Balaban J connectivity index is 2.80. The zero-order valence-electron chi connectivity index (χ0n) is 9.32. The van der Waals surface area contributed by atoms with Crippen molar-refractivity contribution in [2.45, 2.75) is 25.8 Å². The van der Waals surface area contributed by atoms with Gasteiger partial charge in [-0.1, -0.05) is 0 Å². The summed E-state index contributed by atoms with van der Waals surface area (Å²) in [6.07, 6.45) is 1.74. The van der Waals surface area contributed by atoms with Crippen molar-refractivity contribution in [1.82, 2.24) is 4.98 Å². The van der Waals surface area contributed by atoms with Gasteiger partial charge in [0.2, 0.25) is 5.91 Å². The third-order valence-corrected chi connectivity index (χ3v) is 1.97. The Kier molecular flexibility index (Phi) is 3.46. The molecule has 1 aromatic rings. The van der Waals surface area contributed by atoms with E-state index >= 15 is 0 Å². The lowest BCUT2D eigenvalue weighted by Gasteiger charge is -2.25. The highest BCUT2D eigenvalue weighted by Crippen LogP contribution is 2.16. The van der Waals surface area contributed by atoms with Crippen LogP contribution in [0.25, 0.3) is 0 Å². The van der Waals surface area contributed by atoms with E-state index in [1.165, 1.54) is 0 Å². The van der Waals surface area contributed by atoms with Crippen LogP contribution in [0.2, 0.25) is 0 Å². The van der Waals surface area contributed by atoms with Gasteiger partial charge in [0.25, 0.3) is 0 Å². The second-order valence-electron chi connectivity index (χ2n) is 4.19. The Hall–Kier alpha value is -2.09.